The molecule has 9 heteroatoms. The first-order chi connectivity index (χ1) is 11.0. The molecule has 1 aromatic heterocycles. The number of aromatic nitrogens is 1. The van der Waals surface area contributed by atoms with E-state index < -0.39 is 17.7 Å². The van der Waals surface area contributed by atoms with Crippen LogP contribution in [0.3, 0.4) is 0 Å². The van der Waals surface area contributed by atoms with Crippen LogP contribution in [0.5, 0.6) is 5.88 Å². The number of alkyl halides is 2. The molecule has 0 saturated carbocycles. The van der Waals surface area contributed by atoms with Crippen LogP contribution in [0.4, 0.5) is 8.78 Å². The van der Waals surface area contributed by atoms with Crippen molar-refractivity contribution in [3.05, 3.63) is 23.9 Å². The summed E-state index contributed by atoms with van der Waals surface area (Å²) in [7, 11) is 1.38. The van der Waals surface area contributed by atoms with Crippen molar-refractivity contribution >= 4 is 11.8 Å². The summed E-state index contributed by atoms with van der Waals surface area (Å²) in [6.07, 6.45) is 1.47. The smallest absolute Gasteiger partial charge is 0.400 e. The van der Waals surface area contributed by atoms with E-state index in [0.717, 1.165) is 4.90 Å². The number of pyridine rings is 1. The Labute approximate surface area is 131 Å². The third-order valence-corrected chi connectivity index (χ3v) is 3.33. The Morgan fingerprint density at radius 2 is 2.13 bits per heavy atom. The van der Waals surface area contributed by atoms with Crippen LogP contribution in [0, 0.1) is 0 Å². The van der Waals surface area contributed by atoms with Gasteiger partial charge < -0.3 is 19.7 Å². The monoisotopic (exact) mass is 329 g/mol. The number of rotatable bonds is 5. The van der Waals surface area contributed by atoms with Gasteiger partial charge in [-0.3, -0.25) is 9.59 Å². The average Bonchev–Trinajstić information content (AvgIpc) is 2.59. The highest BCUT2D eigenvalue weighted by atomic mass is 19.3. The minimum atomic E-state index is -4.13. The van der Waals surface area contributed by atoms with Gasteiger partial charge in [-0.1, -0.05) is 6.07 Å². The zero-order chi connectivity index (χ0) is 16.9. The Bertz CT molecular complexity index is 577. The summed E-state index contributed by atoms with van der Waals surface area (Å²) < 4.78 is 37.9. The van der Waals surface area contributed by atoms with Gasteiger partial charge in [-0.2, -0.15) is 8.78 Å². The Morgan fingerprint density at radius 1 is 1.43 bits per heavy atom. The van der Waals surface area contributed by atoms with Gasteiger partial charge in [0.2, 0.25) is 5.88 Å². The number of nitrogens with zero attached hydrogens (tertiary/aromatic N) is 2. The molecule has 1 aliphatic heterocycles. The molecule has 0 radical (unpaired) electrons. The number of hydrogen-bond donors (Lipinski definition) is 1. The summed E-state index contributed by atoms with van der Waals surface area (Å²) in [4.78, 5) is 28.4. The van der Waals surface area contributed by atoms with Crippen molar-refractivity contribution in [1.82, 2.24) is 15.2 Å². The number of morpholine rings is 1. The molecule has 7 nitrogen and oxygen atoms in total. The zero-order valence-corrected chi connectivity index (χ0v) is 12.6. The zero-order valence-electron chi connectivity index (χ0n) is 12.6. The second-order valence-corrected chi connectivity index (χ2v) is 4.83. The van der Waals surface area contributed by atoms with Crippen molar-refractivity contribution in [2.45, 2.75) is 12.5 Å². The summed E-state index contributed by atoms with van der Waals surface area (Å²) >= 11 is 0. The molecule has 0 atom stereocenters. The standard InChI is InChI=1S/C14H17F2N3O4/c1-22-11-10(3-2-4-17-11)9-18-12(20)14(15,16)13(21)19-5-7-23-8-6-19/h2-4H,5-9H2,1H3,(H,18,20). The molecular formula is C14H17F2N3O4. The van der Waals surface area contributed by atoms with Crippen molar-refractivity contribution in [2.75, 3.05) is 33.4 Å². The second-order valence-electron chi connectivity index (χ2n) is 4.83. The number of carbonyl (C=O) groups excluding carboxylic acids is 2. The summed E-state index contributed by atoms with van der Waals surface area (Å²) in [6.45, 7) is 0.213. The van der Waals surface area contributed by atoms with Crippen LogP contribution >= 0.6 is 0 Å². The lowest BCUT2D eigenvalue weighted by atomic mass is 10.2. The van der Waals surface area contributed by atoms with Gasteiger partial charge in [-0.05, 0) is 6.07 Å². The van der Waals surface area contributed by atoms with Crippen molar-refractivity contribution in [3.8, 4) is 5.88 Å². The van der Waals surface area contributed by atoms with Gasteiger partial charge in [-0.25, -0.2) is 4.98 Å². The van der Waals surface area contributed by atoms with Gasteiger partial charge in [0.25, 0.3) is 0 Å². The molecule has 1 aliphatic rings. The topological polar surface area (TPSA) is 80.8 Å². The lowest BCUT2D eigenvalue weighted by molar-refractivity contribution is -0.170. The van der Waals surface area contributed by atoms with Crippen LogP contribution in [0.2, 0.25) is 0 Å². The van der Waals surface area contributed by atoms with E-state index in [4.69, 9.17) is 9.47 Å². The molecule has 0 unspecified atom stereocenters. The molecule has 2 rings (SSSR count). The van der Waals surface area contributed by atoms with E-state index in [1.54, 1.807) is 12.1 Å². The highest BCUT2D eigenvalue weighted by Crippen LogP contribution is 2.20. The molecule has 0 aromatic carbocycles. The number of methoxy groups -OCH3 is 1. The fourth-order valence-corrected chi connectivity index (χ4v) is 2.09. The first-order valence-corrected chi connectivity index (χ1v) is 6.98. The summed E-state index contributed by atoms with van der Waals surface area (Å²) in [5.74, 6) is -7.08. The van der Waals surface area contributed by atoms with Crippen LogP contribution in [0.15, 0.2) is 18.3 Å². The highest BCUT2D eigenvalue weighted by Gasteiger charge is 2.49. The van der Waals surface area contributed by atoms with Gasteiger partial charge in [0.15, 0.2) is 0 Å². The van der Waals surface area contributed by atoms with Crippen molar-refractivity contribution < 1.29 is 27.8 Å². The Kier molecular flexibility index (Phi) is 5.43. The van der Waals surface area contributed by atoms with E-state index in [9.17, 15) is 18.4 Å². The van der Waals surface area contributed by atoms with Crippen molar-refractivity contribution in [3.63, 3.8) is 0 Å². The minimum absolute atomic E-state index is 0.0398. The van der Waals surface area contributed by atoms with Crippen molar-refractivity contribution in [1.29, 1.82) is 0 Å². The molecule has 1 aromatic rings. The molecule has 0 aliphatic carbocycles. The highest BCUT2D eigenvalue weighted by molar-refractivity contribution is 6.06. The summed E-state index contributed by atoms with van der Waals surface area (Å²) in [5.41, 5.74) is 0.429. The van der Waals surface area contributed by atoms with Crippen LogP contribution < -0.4 is 10.1 Å². The molecule has 1 fully saturated rings. The van der Waals surface area contributed by atoms with E-state index in [1.165, 1.54) is 13.3 Å². The summed E-state index contributed by atoms with van der Waals surface area (Å²) in [5, 5.41) is 2.05. The Balaban J connectivity index is 1.99. The SMILES string of the molecule is COc1ncccc1CNC(=O)C(F)(F)C(=O)N1CCOCC1. The van der Waals surface area contributed by atoms with E-state index >= 15 is 0 Å². The quantitative estimate of drug-likeness (QED) is 0.781. The second kappa shape index (κ2) is 7.32. The van der Waals surface area contributed by atoms with E-state index in [0.29, 0.717) is 5.56 Å². The number of ether oxygens (including phenoxy) is 2. The molecule has 1 saturated heterocycles. The van der Waals surface area contributed by atoms with Crippen LogP contribution in [-0.2, 0) is 20.9 Å². The maximum Gasteiger partial charge on any atom is 0.400 e. The first kappa shape index (κ1) is 17.1. The van der Waals surface area contributed by atoms with Gasteiger partial charge in [0.05, 0.1) is 20.3 Å². The van der Waals surface area contributed by atoms with Crippen LogP contribution in [0.1, 0.15) is 5.56 Å². The fourth-order valence-electron chi connectivity index (χ4n) is 2.09. The largest absolute Gasteiger partial charge is 0.481 e. The van der Waals surface area contributed by atoms with Gasteiger partial charge in [-0.15, -0.1) is 0 Å². The molecule has 2 amide bonds. The predicted octanol–water partition coefficient (Wildman–Crippen LogP) is 0.200. The summed E-state index contributed by atoms with van der Waals surface area (Å²) in [6, 6.07) is 3.16. The molecule has 0 bridgehead atoms. The van der Waals surface area contributed by atoms with E-state index in [-0.39, 0.29) is 38.7 Å². The molecule has 0 spiro atoms. The van der Waals surface area contributed by atoms with Gasteiger partial charge in [0, 0.05) is 31.4 Å². The normalized spacial score (nSPS) is 15.2. The molecule has 23 heavy (non-hydrogen) atoms. The maximum atomic E-state index is 14.0. The van der Waals surface area contributed by atoms with Gasteiger partial charge in [0.1, 0.15) is 0 Å². The Hall–Kier alpha value is -2.29. The van der Waals surface area contributed by atoms with Crippen molar-refractivity contribution in [2.24, 2.45) is 0 Å². The first-order valence-electron chi connectivity index (χ1n) is 6.98. The van der Waals surface area contributed by atoms with Gasteiger partial charge >= 0.3 is 17.7 Å². The molecule has 1 N–H and O–H groups in total. The third kappa shape index (κ3) is 3.92. The number of amides is 2. The fraction of sp³-hybridized carbons (Fsp3) is 0.500. The molecule has 126 valence electrons. The van der Waals surface area contributed by atoms with E-state index in [1.807, 2.05) is 5.32 Å². The number of halogens is 2. The maximum absolute atomic E-state index is 14.0. The lowest BCUT2D eigenvalue weighted by Gasteiger charge is -2.29. The third-order valence-electron chi connectivity index (χ3n) is 3.33. The lowest BCUT2D eigenvalue weighted by Crippen LogP contribution is -2.55. The minimum Gasteiger partial charge on any atom is -0.481 e. The van der Waals surface area contributed by atoms with Crippen LogP contribution in [0.25, 0.3) is 0 Å². The number of carbonyl (C=O) groups is 2. The van der Waals surface area contributed by atoms with E-state index in [2.05, 4.69) is 4.98 Å². The Morgan fingerprint density at radius 3 is 2.78 bits per heavy atom. The number of hydrogen-bond acceptors (Lipinski definition) is 5. The average molecular weight is 329 g/mol. The number of nitrogens with one attached hydrogen (secondary N) is 1. The predicted molar refractivity (Wildman–Crippen MR) is 75.0 cm³/mol. The van der Waals surface area contributed by atoms with Crippen LogP contribution in [-0.4, -0.2) is 61.0 Å². The molecular weight excluding hydrogens is 312 g/mol. The molecule has 2 heterocycles.